The molecule has 2 aromatic rings. The van der Waals surface area contributed by atoms with Crippen LogP contribution in [-0.2, 0) is 11.3 Å². The van der Waals surface area contributed by atoms with Crippen molar-refractivity contribution in [3.05, 3.63) is 24.2 Å². The second kappa shape index (κ2) is 6.54. The van der Waals surface area contributed by atoms with Crippen LogP contribution in [0.15, 0.2) is 18.3 Å². The molecule has 0 saturated carbocycles. The van der Waals surface area contributed by atoms with Gasteiger partial charge in [0.25, 0.3) is 0 Å². The van der Waals surface area contributed by atoms with E-state index >= 15 is 0 Å². The number of likely N-dealkylation sites (tertiary alicyclic amines) is 1. The Hall–Kier alpha value is -1.46. The molecule has 3 rings (SSSR count). The number of aromatic nitrogens is 3. The first kappa shape index (κ1) is 14.5. The van der Waals surface area contributed by atoms with Crippen molar-refractivity contribution >= 4 is 11.2 Å². The van der Waals surface area contributed by atoms with Gasteiger partial charge in [-0.15, -0.1) is 0 Å². The van der Waals surface area contributed by atoms with E-state index in [-0.39, 0.29) is 0 Å². The molecule has 1 atom stereocenters. The zero-order valence-electron chi connectivity index (χ0n) is 13.0. The quantitative estimate of drug-likeness (QED) is 0.848. The number of fused-ring (bicyclic) bond motifs is 1. The van der Waals surface area contributed by atoms with Crippen molar-refractivity contribution in [2.24, 2.45) is 0 Å². The molecule has 0 N–H and O–H groups in total. The minimum absolute atomic E-state index is 0.412. The van der Waals surface area contributed by atoms with Crippen LogP contribution in [0.1, 0.15) is 38.1 Å². The molecule has 1 aliphatic rings. The first-order valence-corrected chi connectivity index (χ1v) is 7.89. The van der Waals surface area contributed by atoms with Gasteiger partial charge in [0.05, 0.1) is 12.6 Å². The Kier molecular flexibility index (Phi) is 4.51. The van der Waals surface area contributed by atoms with Crippen LogP contribution in [-0.4, -0.2) is 46.2 Å². The predicted octanol–water partition coefficient (Wildman–Crippen LogP) is 2.62. The molecule has 114 valence electrons. The number of hydrogen-bond donors (Lipinski definition) is 0. The van der Waals surface area contributed by atoms with E-state index < -0.39 is 0 Å². The molecule has 0 aromatic carbocycles. The van der Waals surface area contributed by atoms with Gasteiger partial charge in [0.15, 0.2) is 5.65 Å². The second-order valence-electron chi connectivity index (χ2n) is 5.60. The third-order valence-electron chi connectivity index (χ3n) is 4.37. The van der Waals surface area contributed by atoms with Gasteiger partial charge < -0.3 is 9.30 Å². The summed E-state index contributed by atoms with van der Waals surface area (Å²) in [6.45, 7) is 5.98. The molecule has 1 unspecified atom stereocenters. The predicted molar refractivity (Wildman–Crippen MR) is 83.2 cm³/mol. The molecule has 3 heterocycles. The van der Waals surface area contributed by atoms with Gasteiger partial charge in [0, 0.05) is 19.9 Å². The van der Waals surface area contributed by atoms with Crippen LogP contribution in [0.25, 0.3) is 11.2 Å². The second-order valence-corrected chi connectivity index (χ2v) is 5.60. The van der Waals surface area contributed by atoms with E-state index in [1.807, 2.05) is 18.3 Å². The van der Waals surface area contributed by atoms with Crippen LogP contribution in [0.3, 0.4) is 0 Å². The van der Waals surface area contributed by atoms with Gasteiger partial charge >= 0.3 is 0 Å². The molecule has 0 aliphatic carbocycles. The monoisotopic (exact) mass is 288 g/mol. The molecular formula is C16H24N4O. The Labute approximate surface area is 125 Å². The van der Waals surface area contributed by atoms with Crippen molar-refractivity contribution in [2.75, 3.05) is 26.8 Å². The van der Waals surface area contributed by atoms with Crippen molar-refractivity contribution in [2.45, 2.75) is 38.8 Å². The Bertz CT molecular complexity index is 595. The summed E-state index contributed by atoms with van der Waals surface area (Å²) in [6, 6.07) is 4.42. The summed E-state index contributed by atoms with van der Waals surface area (Å²) in [5, 5.41) is 0. The number of rotatable bonds is 5. The fraction of sp³-hybridized carbons (Fsp3) is 0.625. The molecule has 2 aromatic heterocycles. The third kappa shape index (κ3) is 2.80. The Balaban J connectivity index is 2.02. The number of methoxy groups -OCH3 is 1. The number of piperidine rings is 1. The first-order chi connectivity index (χ1) is 10.3. The maximum Gasteiger partial charge on any atom is 0.160 e. The smallest absolute Gasteiger partial charge is 0.160 e. The summed E-state index contributed by atoms with van der Waals surface area (Å²) < 4.78 is 7.52. The molecule has 1 aliphatic heterocycles. The molecular weight excluding hydrogens is 264 g/mol. The van der Waals surface area contributed by atoms with Gasteiger partial charge in [-0.25, -0.2) is 9.97 Å². The Morgan fingerprint density at radius 3 is 3.10 bits per heavy atom. The Morgan fingerprint density at radius 2 is 2.29 bits per heavy atom. The Morgan fingerprint density at radius 1 is 1.38 bits per heavy atom. The molecule has 0 radical (unpaired) electrons. The van der Waals surface area contributed by atoms with Crippen molar-refractivity contribution in [1.29, 1.82) is 0 Å². The largest absolute Gasteiger partial charge is 0.383 e. The molecule has 0 bridgehead atoms. The van der Waals surface area contributed by atoms with E-state index in [0.29, 0.717) is 12.6 Å². The highest BCUT2D eigenvalue weighted by Crippen LogP contribution is 2.31. The summed E-state index contributed by atoms with van der Waals surface area (Å²) in [5.74, 6) is 1.15. The van der Waals surface area contributed by atoms with E-state index in [1.54, 1.807) is 7.11 Å². The minimum Gasteiger partial charge on any atom is -0.383 e. The van der Waals surface area contributed by atoms with Gasteiger partial charge in [-0.1, -0.05) is 13.3 Å². The topological polar surface area (TPSA) is 43.2 Å². The van der Waals surface area contributed by atoms with Crippen LogP contribution in [0, 0.1) is 0 Å². The zero-order chi connectivity index (χ0) is 14.7. The first-order valence-electron chi connectivity index (χ1n) is 7.89. The fourth-order valence-corrected chi connectivity index (χ4v) is 3.30. The van der Waals surface area contributed by atoms with Crippen molar-refractivity contribution < 1.29 is 4.74 Å². The van der Waals surface area contributed by atoms with E-state index in [2.05, 4.69) is 21.4 Å². The molecule has 5 heteroatoms. The molecule has 0 amide bonds. The van der Waals surface area contributed by atoms with E-state index in [9.17, 15) is 0 Å². The summed E-state index contributed by atoms with van der Waals surface area (Å²) in [4.78, 5) is 12.0. The zero-order valence-corrected chi connectivity index (χ0v) is 13.0. The van der Waals surface area contributed by atoms with Crippen LogP contribution in [0.4, 0.5) is 0 Å². The molecule has 21 heavy (non-hydrogen) atoms. The fourth-order valence-electron chi connectivity index (χ4n) is 3.30. The van der Waals surface area contributed by atoms with E-state index in [4.69, 9.17) is 9.72 Å². The highest BCUT2D eigenvalue weighted by atomic mass is 16.5. The van der Waals surface area contributed by atoms with Gasteiger partial charge in [-0.3, -0.25) is 4.90 Å². The standard InChI is InChI=1S/C16H24N4O/c1-3-19-10-5-4-8-14(19)16-18-13-7-6-9-17-15(13)20(16)11-12-21-2/h6-7,9,14H,3-5,8,10-12H2,1-2H3. The lowest BCUT2D eigenvalue weighted by Crippen LogP contribution is -2.35. The highest BCUT2D eigenvalue weighted by molar-refractivity contribution is 5.71. The van der Waals surface area contributed by atoms with E-state index in [1.165, 1.54) is 25.8 Å². The summed E-state index contributed by atoms with van der Waals surface area (Å²) in [5.41, 5.74) is 1.97. The molecule has 1 fully saturated rings. The summed E-state index contributed by atoms with van der Waals surface area (Å²) in [6.07, 6.45) is 5.60. The van der Waals surface area contributed by atoms with Crippen molar-refractivity contribution in [3.63, 3.8) is 0 Å². The average Bonchev–Trinajstić information content (AvgIpc) is 2.91. The normalized spacial score (nSPS) is 20.2. The number of nitrogens with zero attached hydrogens (tertiary/aromatic N) is 4. The van der Waals surface area contributed by atoms with Gasteiger partial charge in [0.2, 0.25) is 0 Å². The number of hydrogen-bond acceptors (Lipinski definition) is 4. The average molecular weight is 288 g/mol. The van der Waals surface area contributed by atoms with E-state index in [0.717, 1.165) is 30.1 Å². The summed E-state index contributed by atoms with van der Waals surface area (Å²) >= 11 is 0. The van der Waals surface area contributed by atoms with Crippen LogP contribution < -0.4 is 0 Å². The minimum atomic E-state index is 0.412. The SMILES string of the molecule is CCN1CCCCC1c1nc2cccnc2n1CCOC. The third-order valence-corrected chi connectivity index (χ3v) is 4.37. The molecule has 5 nitrogen and oxygen atoms in total. The van der Waals surface area contributed by atoms with Crippen molar-refractivity contribution in [1.82, 2.24) is 19.4 Å². The highest BCUT2D eigenvalue weighted by Gasteiger charge is 2.27. The number of pyridine rings is 1. The molecule has 1 saturated heterocycles. The van der Waals surface area contributed by atoms with Crippen molar-refractivity contribution in [3.8, 4) is 0 Å². The number of ether oxygens (including phenoxy) is 1. The van der Waals surface area contributed by atoms with Crippen LogP contribution in [0.5, 0.6) is 0 Å². The molecule has 0 spiro atoms. The maximum atomic E-state index is 5.27. The van der Waals surface area contributed by atoms with Crippen LogP contribution in [0.2, 0.25) is 0 Å². The van der Waals surface area contributed by atoms with Gasteiger partial charge in [0.1, 0.15) is 11.3 Å². The lowest BCUT2D eigenvalue weighted by molar-refractivity contribution is 0.142. The summed E-state index contributed by atoms with van der Waals surface area (Å²) in [7, 11) is 1.74. The van der Waals surface area contributed by atoms with Gasteiger partial charge in [-0.05, 0) is 38.1 Å². The lowest BCUT2D eigenvalue weighted by atomic mass is 10.0. The van der Waals surface area contributed by atoms with Gasteiger partial charge in [-0.2, -0.15) is 0 Å². The maximum absolute atomic E-state index is 5.27. The number of imidazole rings is 1. The lowest BCUT2D eigenvalue weighted by Gasteiger charge is -2.34. The van der Waals surface area contributed by atoms with Crippen LogP contribution >= 0.6 is 0 Å².